The maximum absolute atomic E-state index is 12.7. The van der Waals surface area contributed by atoms with Gasteiger partial charge in [-0.15, -0.1) is 0 Å². The third kappa shape index (κ3) is 2.94. The SMILES string of the molecule is NC1Cc2ccccc2N(S(=O)(=O)Cc2ccccc2)C1. The maximum atomic E-state index is 12.7. The van der Waals surface area contributed by atoms with Gasteiger partial charge in [0, 0.05) is 12.6 Å². The first-order valence-electron chi connectivity index (χ1n) is 6.94. The zero-order valence-corrected chi connectivity index (χ0v) is 12.5. The van der Waals surface area contributed by atoms with Gasteiger partial charge in [-0.3, -0.25) is 4.31 Å². The topological polar surface area (TPSA) is 63.4 Å². The van der Waals surface area contributed by atoms with Gasteiger partial charge in [0.2, 0.25) is 10.0 Å². The number of nitrogens with two attached hydrogens (primary N) is 1. The smallest absolute Gasteiger partial charge is 0.239 e. The fourth-order valence-corrected chi connectivity index (χ4v) is 4.38. The normalized spacial score (nSPS) is 18.3. The number of fused-ring (bicyclic) bond motifs is 1. The van der Waals surface area contributed by atoms with Gasteiger partial charge in [0.1, 0.15) is 0 Å². The molecule has 2 N–H and O–H groups in total. The van der Waals surface area contributed by atoms with Crippen molar-refractivity contribution in [3.05, 3.63) is 65.7 Å². The van der Waals surface area contributed by atoms with E-state index < -0.39 is 10.0 Å². The summed E-state index contributed by atoms with van der Waals surface area (Å²) < 4.78 is 26.9. The van der Waals surface area contributed by atoms with E-state index in [2.05, 4.69) is 0 Å². The Bertz CT molecular complexity index is 729. The van der Waals surface area contributed by atoms with Crippen molar-refractivity contribution in [2.24, 2.45) is 5.73 Å². The van der Waals surface area contributed by atoms with Crippen LogP contribution in [-0.4, -0.2) is 21.0 Å². The molecular weight excluding hydrogens is 284 g/mol. The number of rotatable bonds is 3. The van der Waals surface area contributed by atoms with Gasteiger partial charge in [0.25, 0.3) is 0 Å². The molecule has 1 heterocycles. The summed E-state index contributed by atoms with van der Waals surface area (Å²) >= 11 is 0. The Kier molecular flexibility index (Phi) is 3.69. The zero-order chi connectivity index (χ0) is 14.9. The lowest BCUT2D eigenvalue weighted by atomic mass is 10.0. The first-order valence-corrected chi connectivity index (χ1v) is 8.55. The molecule has 0 aliphatic carbocycles. The highest BCUT2D eigenvalue weighted by Gasteiger charge is 2.30. The Morgan fingerprint density at radius 2 is 1.71 bits per heavy atom. The number of hydrogen-bond donors (Lipinski definition) is 1. The molecule has 21 heavy (non-hydrogen) atoms. The molecule has 0 saturated carbocycles. The van der Waals surface area contributed by atoms with Gasteiger partial charge in [0.15, 0.2) is 0 Å². The number of hydrogen-bond acceptors (Lipinski definition) is 3. The van der Waals surface area contributed by atoms with Crippen LogP contribution in [0.15, 0.2) is 54.6 Å². The fraction of sp³-hybridized carbons (Fsp3) is 0.250. The highest BCUT2D eigenvalue weighted by atomic mass is 32.2. The molecule has 0 bridgehead atoms. The van der Waals surface area contributed by atoms with E-state index in [1.165, 1.54) is 4.31 Å². The molecule has 0 radical (unpaired) electrons. The monoisotopic (exact) mass is 302 g/mol. The summed E-state index contributed by atoms with van der Waals surface area (Å²) in [5.74, 6) is -0.00507. The van der Waals surface area contributed by atoms with Crippen LogP contribution in [0.5, 0.6) is 0 Å². The van der Waals surface area contributed by atoms with Gasteiger partial charge < -0.3 is 5.73 Å². The van der Waals surface area contributed by atoms with Crippen molar-refractivity contribution in [1.82, 2.24) is 0 Å². The fourth-order valence-electron chi connectivity index (χ4n) is 2.71. The Balaban J connectivity index is 1.96. The van der Waals surface area contributed by atoms with Crippen LogP contribution < -0.4 is 10.0 Å². The molecule has 0 fully saturated rings. The Hall–Kier alpha value is -1.85. The van der Waals surface area contributed by atoms with E-state index >= 15 is 0 Å². The first kappa shape index (κ1) is 14.1. The highest BCUT2D eigenvalue weighted by Crippen LogP contribution is 2.29. The van der Waals surface area contributed by atoms with E-state index in [1.54, 1.807) is 0 Å². The summed E-state index contributed by atoms with van der Waals surface area (Å²) in [4.78, 5) is 0. The molecule has 1 aliphatic heterocycles. The molecule has 0 amide bonds. The van der Waals surface area contributed by atoms with Gasteiger partial charge in [-0.1, -0.05) is 48.5 Å². The van der Waals surface area contributed by atoms with Crippen molar-refractivity contribution in [3.63, 3.8) is 0 Å². The number of sulfonamides is 1. The Labute approximate surface area is 125 Å². The molecule has 2 aromatic rings. The molecule has 0 saturated heterocycles. The van der Waals surface area contributed by atoms with Crippen molar-refractivity contribution in [2.45, 2.75) is 18.2 Å². The van der Waals surface area contributed by atoms with Crippen molar-refractivity contribution >= 4 is 15.7 Å². The molecule has 0 spiro atoms. The molecular formula is C16H18N2O2S. The lowest BCUT2D eigenvalue weighted by Crippen LogP contribution is -2.46. The van der Waals surface area contributed by atoms with Crippen molar-refractivity contribution in [2.75, 3.05) is 10.8 Å². The van der Waals surface area contributed by atoms with Crippen LogP contribution in [0.25, 0.3) is 0 Å². The molecule has 2 aromatic carbocycles. The maximum Gasteiger partial charge on any atom is 0.239 e. The summed E-state index contributed by atoms with van der Waals surface area (Å²) in [6.45, 7) is 0.339. The molecule has 110 valence electrons. The van der Waals surface area contributed by atoms with Gasteiger partial charge in [0.05, 0.1) is 11.4 Å². The summed E-state index contributed by atoms with van der Waals surface area (Å²) in [5.41, 5.74) is 8.56. The van der Waals surface area contributed by atoms with Crippen molar-refractivity contribution < 1.29 is 8.42 Å². The number of nitrogens with zero attached hydrogens (tertiary/aromatic N) is 1. The lowest BCUT2D eigenvalue weighted by Gasteiger charge is -2.33. The average molecular weight is 302 g/mol. The quantitative estimate of drug-likeness (QED) is 0.942. The summed E-state index contributed by atoms with van der Waals surface area (Å²) in [6, 6.07) is 16.6. The zero-order valence-electron chi connectivity index (χ0n) is 11.6. The van der Waals surface area contributed by atoms with Crippen molar-refractivity contribution in [3.8, 4) is 0 Å². The number of benzene rings is 2. The van der Waals surface area contributed by atoms with Gasteiger partial charge >= 0.3 is 0 Å². The average Bonchev–Trinajstić information content (AvgIpc) is 2.47. The minimum Gasteiger partial charge on any atom is -0.326 e. The largest absolute Gasteiger partial charge is 0.326 e. The third-order valence-electron chi connectivity index (χ3n) is 3.67. The van der Waals surface area contributed by atoms with Crippen LogP contribution in [0.4, 0.5) is 5.69 Å². The second-order valence-corrected chi connectivity index (χ2v) is 7.26. The number of anilines is 1. The van der Waals surface area contributed by atoms with E-state index in [1.807, 2.05) is 54.6 Å². The van der Waals surface area contributed by atoms with Crippen LogP contribution in [0, 0.1) is 0 Å². The third-order valence-corrected chi connectivity index (χ3v) is 5.39. The molecule has 4 nitrogen and oxygen atoms in total. The molecule has 3 rings (SSSR count). The minimum atomic E-state index is -3.43. The molecule has 1 atom stereocenters. The second-order valence-electron chi connectivity index (χ2n) is 5.37. The molecule has 1 unspecified atom stereocenters. The van der Waals surface area contributed by atoms with E-state index in [4.69, 9.17) is 5.73 Å². The van der Waals surface area contributed by atoms with Gasteiger partial charge in [-0.05, 0) is 23.6 Å². The standard InChI is InChI=1S/C16H18N2O2S/c17-15-10-14-8-4-5-9-16(14)18(11-15)21(19,20)12-13-6-2-1-3-7-13/h1-9,15H,10-12,17H2. The summed E-state index contributed by atoms with van der Waals surface area (Å²) in [6.07, 6.45) is 0.716. The highest BCUT2D eigenvalue weighted by molar-refractivity contribution is 7.92. The van der Waals surface area contributed by atoms with E-state index in [9.17, 15) is 8.42 Å². The van der Waals surface area contributed by atoms with Crippen LogP contribution in [0.2, 0.25) is 0 Å². The summed E-state index contributed by atoms with van der Waals surface area (Å²) in [5, 5.41) is 0. The van der Waals surface area contributed by atoms with Gasteiger partial charge in [-0.25, -0.2) is 8.42 Å². The van der Waals surface area contributed by atoms with Crippen molar-refractivity contribution in [1.29, 1.82) is 0 Å². The van der Waals surface area contributed by atoms with Crippen LogP contribution >= 0.6 is 0 Å². The molecule has 0 aromatic heterocycles. The lowest BCUT2D eigenvalue weighted by molar-refractivity contribution is 0.574. The van der Waals surface area contributed by atoms with E-state index in [0.29, 0.717) is 13.0 Å². The van der Waals surface area contributed by atoms with Crippen LogP contribution in [-0.2, 0) is 22.2 Å². The molecule has 5 heteroatoms. The van der Waals surface area contributed by atoms with Crippen LogP contribution in [0.3, 0.4) is 0 Å². The summed E-state index contributed by atoms with van der Waals surface area (Å²) in [7, 11) is -3.43. The van der Waals surface area contributed by atoms with Crippen LogP contribution in [0.1, 0.15) is 11.1 Å². The predicted octanol–water partition coefficient (Wildman–Crippen LogP) is 1.91. The van der Waals surface area contributed by atoms with E-state index in [0.717, 1.165) is 16.8 Å². The Morgan fingerprint density at radius 3 is 2.48 bits per heavy atom. The van der Waals surface area contributed by atoms with E-state index in [-0.39, 0.29) is 11.8 Å². The first-order chi connectivity index (χ1) is 10.1. The van der Waals surface area contributed by atoms with Gasteiger partial charge in [-0.2, -0.15) is 0 Å². The minimum absolute atomic E-state index is 0.00507. The molecule has 1 aliphatic rings. The Morgan fingerprint density at radius 1 is 1.05 bits per heavy atom. The number of para-hydroxylation sites is 1. The predicted molar refractivity (Wildman–Crippen MR) is 84.5 cm³/mol. The second kappa shape index (κ2) is 5.50.